The van der Waals surface area contributed by atoms with E-state index >= 15 is 0 Å². The predicted molar refractivity (Wildman–Crippen MR) is 78.4 cm³/mol. The Balaban J connectivity index is 3.03. The molecule has 19 heavy (non-hydrogen) atoms. The van der Waals surface area contributed by atoms with Crippen molar-refractivity contribution in [3.63, 3.8) is 0 Å². The van der Waals surface area contributed by atoms with Crippen LogP contribution in [0.5, 0.6) is 0 Å². The topological polar surface area (TPSA) is 29.5 Å². The van der Waals surface area contributed by atoms with Crippen LogP contribution < -0.4 is 0 Å². The first kappa shape index (κ1) is 16.0. The van der Waals surface area contributed by atoms with Crippen molar-refractivity contribution < 1.29 is 9.53 Å². The van der Waals surface area contributed by atoms with Crippen molar-refractivity contribution in [2.45, 2.75) is 33.2 Å². The van der Waals surface area contributed by atoms with E-state index in [0.29, 0.717) is 11.6 Å². The number of halogens is 1. The Morgan fingerprint density at radius 1 is 1.26 bits per heavy atom. The maximum atomic E-state index is 12.2. The first-order valence-corrected chi connectivity index (χ1v) is 7.17. The predicted octanol–water partition coefficient (Wildman–Crippen LogP) is 3.68. The van der Waals surface area contributed by atoms with Gasteiger partial charge in [0, 0.05) is 5.02 Å². The summed E-state index contributed by atoms with van der Waals surface area (Å²) in [5.74, 6) is -0.194. The molecule has 1 aromatic rings. The molecule has 0 saturated heterocycles. The lowest BCUT2D eigenvalue weighted by molar-refractivity contribution is -0.149. The number of likely N-dealkylation sites (N-methyl/N-ethyl adjacent to an activating group) is 1. The van der Waals surface area contributed by atoms with Crippen LogP contribution in [0.4, 0.5) is 0 Å². The highest BCUT2D eigenvalue weighted by atomic mass is 35.5. The first-order chi connectivity index (χ1) is 9.13. The van der Waals surface area contributed by atoms with Crippen LogP contribution in [0.3, 0.4) is 0 Å². The molecular formula is C15H22ClNO2. The maximum absolute atomic E-state index is 12.2. The maximum Gasteiger partial charge on any atom is 0.327 e. The standard InChI is InChI=1S/C15H22ClNO2/c1-4-11-17(5-2)14(15(18)19-6-3)12-7-9-13(16)10-8-12/h7-10,14H,4-6,11H2,1-3H3. The molecule has 1 aromatic carbocycles. The molecule has 1 unspecified atom stereocenters. The van der Waals surface area contributed by atoms with E-state index in [1.54, 1.807) is 0 Å². The molecule has 0 N–H and O–H groups in total. The first-order valence-electron chi connectivity index (χ1n) is 6.80. The van der Waals surface area contributed by atoms with Gasteiger partial charge < -0.3 is 4.74 Å². The molecule has 0 aliphatic rings. The average Bonchev–Trinajstić information content (AvgIpc) is 2.40. The van der Waals surface area contributed by atoms with Gasteiger partial charge in [-0.15, -0.1) is 0 Å². The number of rotatable bonds is 7. The lowest BCUT2D eigenvalue weighted by Gasteiger charge is -2.29. The quantitative estimate of drug-likeness (QED) is 0.715. The normalized spacial score (nSPS) is 12.5. The number of hydrogen-bond donors (Lipinski definition) is 0. The van der Waals surface area contributed by atoms with Crippen LogP contribution >= 0.6 is 11.6 Å². The van der Waals surface area contributed by atoms with E-state index in [9.17, 15) is 4.79 Å². The highest BCUT2D eigenvalue weighted by Crippen LogP contribution is 2.24. The molecule has 0 aromatic heterocycles. The summed E-state index contributed by atoms with van der Waals surface area (Å²) in [6.45, 7) is 8.05. The Labute approximate surface area is 120 Å². The second kappa shape index (κ2) is 8.18. The summed E-state index contributed by atoms with van der Waals surface area (Å²) < 4.78 is 5.20. The minimum atomic E-state index is -0.345. The third kappa shape index (κ3) is 4.51. The van der Waals surface area contributed by atoms with E-state index < -0.39 is 0 Å². The second-order valence-corrected chi connectivity index (χ2v) is 4.77. The van der Waals surface area contributed by atoms with E-state index in [0.717, 1.165) is 25.1 Å². The average molecular weight is 284 g/mol. The molecule has 0 bridgehead atoms. The van der Waals surface area contributed by atoms with Gasteiger partial charge in [-0.3, -0.25) is 4.90 Å². The second-order valence-electron chi connectivity index (χ2n) is 4.33. The molecule has 1 rings (SSSR count). The Morgan fingerprint density at radius 2 is 1.89 bits per heavy atom. The molecule has 4 heteroatoms. The molecule has 0 saturated carbocycles. The summed E-state index contributed by atoms with van der Waals surface area (Å²) in [6, 6.07) is 7.05. The summed E-state index contributed by atoms with van der Waals surface area (Å²) in [7, 11) is 0. The molecule has 0 fully saturated rings. The highest BCUT2D eigenvalue weighted by molar-refractivity contribution is 6.30. The van der Waals surface area contributed by atoms with E-state index in [1.165, 1.54) is 0 Å². The number of ether oxygens (including phenoxy) is 1. The third-order valence-corrected chi connectivity index (χ3v) is 3.23. The summed E-state index contributed by atoms with van der Waals surface area (Å²) >= 11 is 5.90. The molecule has 3 nitrogen and oxygen atoms in total. The van der Waals surface area contributed by atoms with Crippen molar-refractivity contribution in [2.24, 2.45) is 0 Å². The van der Waals surface area contributed by atoms with Gasteiger partial charge in [0.15, 0.2) is 0 Å². The molecule has 0 heterocycles. The SMILES string of the molecule is CCCN(CC)C(C(=O)OCC)c1ccc(Cl)cc1. The molecule has 106 valence electrons. The zero-order valence-electron chi connectivity index (χ0n) is 11.9. The van der Waals surface area contributed by atoms with Gasteiger partial charge >= 0.3 is 5.97 Å². The van der Waals surface area contributed by atoms with Gasteiger partial charge in [0.2, 0.25) is 0 Å². The van der Waals surface area contributed by atoms with E-state index in [2.05, 4.69) is 18.7 Å². The molecule has 0 aliphatic carbocycles. The van der Waals surface area contributed by atoms with Crippen LogP contribution in [-0.4, -0.2) is 30.6 Å². The number of carbonyl (C=O) groups is 1. The lowest BCUT2D eigenvalue weighted by atomic mass is 10.1. The van der Waals surface area contributed by atoms with Gasteiger partial charge in [0.05, 0.1) is 6.61 Å². The van der Waals surface area contributed by atoms with Crippen molar-refractivity contribution in [2.75, 3.05) is 19.7 Å². The zero-order chi connectivity index (χ0) is 14.3. The van der Waals surface area contributed by atoms with Gasteiger partial charge in [-0.2, -0.15) is 0 Å². The largest absolute Gasteiger partial charge is 0.465 e. The van der Waals surface area contributed by atoms with Crippen LogP contribution in [0.1, 0.15) is 38.8 Å². The molecule has 0 aliphatic heterocycles. The van der Waals surface area contributed by atoms with E-state index in [-0.39, 0.29) is 12.0 Å². The highest BCUT2D eigenvalue weighted by Gasteiger charge is 2.27. The fraction of sp³-hybridized carbons (Fsp3) is 0.533. The number of carbonyl (C=O) groups excluding carboxylic acids is 1. The summed E-state index contributed by atoms with van der Waals surface area (Å²) in [5, 5.41) is 0.671. The summed E-state index contributed by atoms with van der Waals surface area (Å²) in [4.78, 5) is 14.3. The summed E-state index contributed by atoms with van der Waals surface area (Å²) in [6.07, 6.45) is 0.997. The Bertz CT molecular complexity index is 392. The van der Waals surface area contributed by atoms with Gasteiger partial charge in [-0.05, 0) is 44.1 Å². The minimum absolute atomic E-state index is 0.194. The van der Waals surface area contributed by atoms with Gasteiger partial charge in [0.25, 0.3) is 0 Å². The van der Waals surface area contributed by atoms with Crippen molar-refractivity contribution in [1.29, 1.82) is 0 Å². The Hall–Kier alpha value is -1.06. The Morgan fingerprint density at radius 3 is 2.37 bits per heavy atom. The lowest BCUT2D eigenvalue weighted by Crippen LogP contribution is -2.35. The number of nitrogens with zero attached hydrogens (tertiary/aromatic N) is 1. The summed E-state index contributed by atoms with van der Waals surface area (Å²) in [5.41, 5.74) is 0.929. The third-order valence-electron chi connectivity index (χ3n) is 2.98. The van der Waals surface area contributed by atoms with Crippen LogP contribution in [0.25, 0.3) is 0 Å². The number of hydrogen-bond acceptors (Lipinski definition) is 3. The van der Waals surface area contributed by atoms with Crippen molar-refractivity contribution in [3.05, 3.63) is 34.9 Å². The van der Waals surface area contributed by atoms with Gasteiger partial charge in [0.1, 0.15) is 6.04 Å². The molecule has 1 atom stereocenters. The van der Waals surface area contributed by atoms with Crippen LogP contribution in [0, 0.1) is 0 Å². The van der Waals surface area contributed by atoms with Crippen molar-refractivity contribution >= 4 is 17.6 Å². The fourth-order valence-corrected chi connectivity index (χ4v) is 2.25. The molecule has 0 amide bonds. The van der Waals surface area contributed by atoms with Crippen LogP contribution in [0.15, 0.2) is 24.3 Å². The van der Waals surface area contributed by atoms with Gasteiger partial charge in [-0.25, -0.2) is 4.79 Å². The molecule has 0 spiro atoms. The number of benzene rings is 1. The van der Waals surface area contributed by atoms with E-state index in [4.69, 9.17) is 16.3 Å². The van der Waals surface area contributed by atoms with E-state index in [1.807, 2.05) is 31.2 Å². The minimum Gasteiger partial charge on any atom is -0.465 e. The van der Waals surface area contributed by atoms with Gasteiger partial charge in [-0.1, -0.05) is 37.6 Å². The number of esters is 1. The smallest absolute Gasteiger partial charge is 0.327 e. The van der Waals surface area contributed by atoms with Crippen LogP contribution in [0.2, 0.25) is 5.02 Å². The Kier molecular flexibility index (Phi) is 6.89. The van der Waals surface area contributed by atoms with Crippen molar-refractivity contribution in [3.8, 4) is 0 Å². The molecule has 0 radical (unpaired) electrons. The monoisotopic (exact) mass is 283 g/mol. The van der Waals surface area contributed by atoms with Crippen LogP contribution in [-0.2, 0) is 9.53 Å². The molecular weight excluding hydrogens is 262 g/mol. The van der Waals surface area contributed by atoms with Crippen molar-refractivity contribution in [1.82, 2.24) is 4.90 Å². The fourth-order valence-electron chi connectivity index (χ4n) is 2.12. The zero-order valence-corrected chi connectivity index (χ0v) is 12.6.